The Labute approximate surface area is 118 Å². The van der Waals surface area contributed by atoms with Gasteiger partial charge >= 0.3 is 0 Å². The molecule has 1 atom stereocenters. The first-order valence-electron chi connectivity index (χ1n) is 6.53. The second-order valence-corrected chi connectivity index (χ2v) is 5.61. The Morgan fingerprint density at radius 1 is 1.44 bits per heavy atom. The molecule has 98 valence electrons. The van der Waals surface area contributed by atoms with Gasteiger partial charge in [0.1, 0.15) is 0 Å². The van der Waals surface area contributed by atoms with Crippen LogP contribution in [0.15, 0.2) is 35.5 Å². The third-order valence-electron chi connectivity index (χ3n) is 3.39. The molecule has 0 saturated heterocycles. The number of benzene rings is 1. The highest BCUT2D eigenvalue weighted by atomic mass is 79.9. The van der Waals surface area contributed by atoms with E-state index in [9.17, 15) is 0 Å². The topological polar surface area (TPSA) is 21.3 Å². The van der Waals surface area contributed by atoms with Crippen molar-refractivity contribution >= 4 is 15.9 Å². The van der Waals surface area contributed by atoms with Crippen molar-refractivity contribution in [3.8, 4) is 0 Å². The van der Waals surface area contributed by atoms with Crippen molar-refractivity contribution < 1.29 is 4.74 Å². The molecule has 0 heterocycles. The van der Waals surface area contributed by atoms with E-state index in [-0.39, 0.29) is 0 Å². The summed E-state index contributed by atoms with van der Waals surface area (Å²) in [6.07, 6.45) is 6.09. The zero-order chi connectivity index (χ0) is 12.8. The zero-order valence-electron chi connectivity index (χ0n) is 10.6. The number of hydrogen-bond acceptors (Lipinski definition) is 2. The molecular weight excluding hydrogens is 290 g/mol. The van der Waals surface area contributed by atoms with Crippen LogP contribution in [-0.2, 0) is 17.6 Å². The van der Waals surface area contributed by atoms with Gasteiger partial charge in [0.2, 0.25) is 0 Å². The molecule has 1 aliphatic carbocycles. The van der Waals surface area contributed by atoms with E-state index in [1.165, 1.54) is 34.7 Å². The second kappa shape index (κ2) is 6.95. The molecule has 2 nitrogen and oxygen atoms in total. The van der Waals surface area contributed by atoms with Crippen molar-refractivity contribution in [2.45, 2.75) is 31.7 Å². The van der Waals surface area contributed by atoms with E-state index in [1.807, 2.05) is 0 Å². The number of hydrogen-bond donors (Lipinski definition) is 1. The van der Waals surface area contributed by atoms with Crippen LogP contribution in [0.4, 0.5) is 0 Å². The van der Waals surface area contributed by atoms with Crippen LogP contribution in [0, 0.1) is 0 Å². The van der Waals surface area contributed by atoms with Gasteiger partial charge < -0.3 is 10.1 Å². The fourth-order valence-corrected chi connectivity index (χ4v) is 2.85. The van der Waals surface area contributed by atoms with Gasteiger partial charge in [-0.1, -0.05) is 28.6 Å². The number of rotatable bonds is 6. The Kier molecular flexibility index (Phi) is 5.26. The van der Waals surface area contributed by atoms with Crippen LogP contribution in [0.25, 0.3) is 0 Å². The van der Waals surface area contributed by atoms with E-state index < -0.39 is 0 Å². The molecule has 18 heavy (non-hydrogen) atoms. The van der Waals surface area contributed by atoms with E-state index in [0.717, 1.165) is 26.0 Å². The predicted octanol–water partition coefficient (Wildman–Crippen LogP) is 3.45. The van der Waals surface area contributed by atoms with Gasteiger partial charge in [0.15, 0.2) is 0 Å². The summed E-state index contributed by atoms with van der Waals surface area (Å²) in [5.41, 5.74) is 2.99. The zero-order valence-corrected chi connectivity index (χ0v) is 12.2. The smallest absolute Gasteiger partial charge is 0.0885 e. The molecule has 1 unspecified atom stereocenters. The molecular formula is C15H20BrNO. The Balaban J connectivity index is 1.77. The standard InChI is InChI=1S/C15H20BrNO/c1-2-18-9-3-8-17-15-7-5-12-10-14(16)6-4-13(12)11-15/h2,4,6,10,15,17H,1,3,5,7-9,11H2. The van der Waals surface area contributed by atoms with E-state index in [1.54, 1.807) is 0 Å². The summed E-state index contributed by atoms with van der Waals surface area (Å²) in [6.45, 7) is 5.31. The first kappa shape index (κ1) is 13.6. The lowest BCUT2D eigenvalue weighted by Crippen LogP contribution is -2.35. The van der Waals surface area contributed by atoms with Crippen LogP contribution in [0.1, 0.15) is 24.0 Å². The summed E-state index contributed by atoms with van der Waals surface area (Å²) in [7, 11) is 0. The van der Waals surface area contributed by atoms with Gasteiger partial charge in [-0.2, -0.15) is 0 Å². The van der Waals surface area contributed by atoms with Crippen LogP contribution in [0.5, 0.6) is 0 Å². The third kappa shape index (κ3) is 3.85. The highest BCUT2D eigenvalue weighted by Gasteiger charge is 2.17. The largest absolute Gasteiger partial charge is 0.502 e. The molecule has 1 aromatic carbocycles. The minimum Gasteiger partial charge on any atom is -0.502 e. The van der Waals surface area contributed by atoms with Crippen molar-refractivity contribution in [3.63, 3.8) is 0 Å². The van der Waals surface area contributed by atoms with E-state index in [4.69, 9.17) is 4.74 Å². The van der Waals surface area contributed by atoms with Crippen molar-refractivity contribution in [1.29, 1.82) is 0 Å². The average Bonchev–Trinajstić information content (AvgIpc) is 2.38. The maximum absolute atomic E-state index is 5.11. The highest BCUT2D eigenvalue weighted by molar-refractivity contribution is 9.10. The Bertz CT molecular complexity index is 405. The molecule has 1 N–H and O–H groups in total. The van der Waals surface area contributed by atoms with E-state index in [0.29, 0.717) is 6.04 Å². The average molecular weight is 310 g/mol. The van der Waals surface area contributed by atoms with Gasteiger partial charge in [-0.25, -0.2) is 0 Å². The monoisotopic (exact) mass is 309 g/mol. The quantitative estimate of drug-likeness (QED) is 0.642. The van der Waals surface area contributed by atoms with Gasteiger partial charge in [0, 0.05) is 10.5 Å². The van der Waals surface area contributed by atoms with Gasteiger partial charge in [-0.05, 0) is 55.5 Å². The number of ether oxygens (including phenoxy) is 1. The minimum atomic E-state index is 0.613. The second-order valence-electron chi connectivity index (χ2n) is 4.70. The predicted molar refractivity (Wildman–Crippen MR) is 78.7 cm³/mol. The first-order valence-corrected chi connectivity index (χ1v) is 7.32. The number of halogens is 1. The Morgan fingerprint density at radius 3 is 3.17 bits per heavy atom. The lowest BCUT2D eigenvalue weighted by molar-refractivity contribution is 0.242. The van der Waals surface area contributed by atoms with Crippen molar-refractivity contribution in [2.24, 2.45) is 0 Å². The molecule has 0 amide bonds. The molecule has 0 spiro atoms. The summed E-state index contributed by atoms with van der Waals surface area (Å²) < 4.78 is 6.30. The molecule has 2 rings (SSSR count). The molecule has 0 bridgehead atoms. The van der Waals surface area contributed by atoms with Crippen LogP contribution in [0.3, 0.4) is 0 Å². The van der Waals surface area contributed by atoms with Gasteiger partial charge in [0.05, 0.1) is 12.9 Å². The summed E-state index contributed by atoms with van der Waals surface area (Å²) in [6, 6.07) is 7.25. The van der Waals surface area contributed by atoms with Crippen LogP contribution in [0.2, 0.25) is 0 Å². The Morgan fingerprint density at radius 2 is 2.33 bits per heavy atom. The number of fused-ring (bicyclic) bond motifs is 1. The number of nitrogens with one attached hydrogen (secondary N) is 1. The number of aryl methyl sites for hydroxylation is 1. The maximum Gasteiger partial charge on any atom is 0.0885 e. The van der Waals surface area contributed by atoms with Crippen molar-refractivity contribution in [2.75, 3.05) is 13.2 Å². The fraction of sp³-hybridized carbons (Fsp3) is 0.467. The normalized spacial score (nSPS) is 18.2. The molecule has 1 aliphatic rings. The molecule has 0 fully saturated rings. The molecule has 0 aliphatic heterocycles. The molecule has 0 saturated carbocycles. The van der Waals surface area contributed by atoms with E-state index >= 15 is 0 Å². The van der Waals surface area contributed by atoms with Crippen LogP contribution < -0.4 is 5.32 Å². The summed E-state index contributed by atoms with van der Waals surface area (Å²) >= 11 is 3.53. The molecule has 1 aromatic rings. The van der Waals surface area contributed by atoms with Crippen LogP contribution in [-0.4, -0.2) is 19.2 Å². The minimum absolute atomic E-state index is 0.613. The van der Waals surface area contributed by atoms with Crippen molar-refractivity contribution in [3.05, 3.63) is 46.6 Å². The first-order chi connectivity index (χ1) is 8.79. The lowest BCUT2D eigenvalue weighted by atomic mass is 9.88. The molecule has 3 heteroatoms. The third-order valence-corrected chi connectivity index (χ3v) is 3.88. The lowest BCUT2D eigenvalue weighted by Gasteiger charge is -2.25. The molecule has 0 aromatic heterocycles. The van der Waals surface area contributed by atoms with Gasteiger partial charge in [-0.15, -0.1) is 0 Å². The summed E-state index contributed by atoms with van der Waals surface area (Å²) in [5, 5.41) is 3.61. The van der Waals surface area contributed by atoms with Gasteiger partial charge in [-0.3, -0.25) is 0 Å². The Hall–Kier alpha value is -0.800. The van der Waals surface area contributed by atoms with Crippen LogP contribution >= 0.6 is 15.9 Å². The SMILES string of the molecule is C=COCCCNC1CCc2cc(Br)ccc2C1. The fourth-order valence-electron chi connectivity index (χ4n) is 2.44. The molecule has 0 radical (unpaired) electrons. The highest BCUT2D eigenvalue weighted by Crippen LogP contribution is 2.24. The van der Waals surface area contributed by atoms with Gasteiger partial charge in [0.25, 0.3) is 0 Å². The maximum atomic E-state index is 5.11. The van der Waals surface area contributed by atoms with E-state index in [2.05, 4.69) is 46.0 Å². The summed E-state index contributed by atoms with van der Waals surface area (Å²) in [4.78, 5) is 0. The van der Waals surface area contributed by atoms with Crippen molar-refractivity contribution in [1.82, 2.24) is 5.32 Å². The summed E-state index contributed by atoms with van der Waals surface area (Å²) in [5.74, 6) is 0.